The van der Waals surface area contributed by atoms with Gasteiger partial charge < -0.3 is 15.2 Å². The van der Waals surface area contributed by atoms with E-state index in [1.54, 1.807) is 18.4 Å². The summed E-state index contributed by atoms with van der Waals surface area (Å²) in [6.45, 7) is 1.05. The fraction of sp³-hybridized carbons (Fsp3) is 0.176. The van der Waals surface area contributed by atoms with E-state index < -0.39 is 0 Å². The number of hydrogen-bond acceptors (Lipinski definition) is 4. The molecule has 0 fully saturated rings. The zero-order valence-corrected chi connectivity index (χ0v) is 12.7. The third-order valence-corrected chi connectivity index (χ3v) is 4.43. The predicted molar refractivity (Wildman–Crippen MR) is 87.0 cm³/mol. The fourth-order valence-corrected chi connectivity index (χ4v) is 3.39. The van der Waals surface area contributed by atoms with Gasteiger partial charge in [0.25, 0.3) is 0 Å². The van der Waals surface area contributed by atoms with Gasteiger partial charge in [0, 0.05) is 22.2 Å². The number of nitrogens with two attached hydrogens (primary N) is 1. The third kappa shape index (κ3) is 2.73. The average molecular weight is 299 g/mol. The molecule has 2 N–H and O–H groups in total. The lowest BCUT2D eigenvalue weighted by atomic mass is 10.1. The largest absolute Gasteiger partial charge is 0.493 e. The number of fused-ring (bicyclic) bond motifs is 1. The Morgan fingerprint density at radius 2 is 1.81 bits per heavy atom. The first-order valence-electron chi connectivity index (χ1n) is 6.77. The topological polar surface area (TPSA) is 44.5 Å². The standard InChI is InChI=1S/C17H17NO2S/c1-19-14-6-2-3-7-15(14)20-10-13-11-21-16-8-4-5-12(9-18)17(13)16/h2-8,11H,9-10,18H2,1H3. The van der Waals surface area contributed by atoms with Gasteiger partial charge in [0.2, 0.25) is 0 Å². The number of thiophene rings is 1. The molecule has 0 amide bonds. The van der Waals surface area contributed by atoms with E-state index in [0.29, 0.717) is 13.2 Å². The highest BCUT2D eigenvalue weighted by atomic mass is 32.1. The quantitative estimate of drug-likeness (QED) is 0.776. The Morgan fingerprint density at radius 3 is 2.57 bits per heavy atom. The highest BCUT2D eigenvalue weighted by molar-refractivity contribution is 7.17. The average Bonchev–Trinajstić information content (AvgIpc) is 2.96. The summed E-state index contributed by atoms with van der Waals surface area (Å²) in [4.78, 5) is 0. The predicted octanol–water partition coefficient (Wildman–Crippen LogP) is 3.95. The van der Waals surface area contributed by atoms with Gasteiger partial charge in [-0.3, -0.25) is 0 Å². The molecular formula is C17H17NO2S. The Balaban J connectivity index is 1.89. The summed E-state index contributed by atoms with van der Waals surface area (Å²) in [6, 6.07) is 13.9. The van der Waals surface area contributed by atoms with Crippen LogP contribution in [0.25, 0.3) is 10.1 Å². The normalized spacial score (nSPS) is 10.8. The van der Waals surface area contributed by atoms with Crippen LogP contribution < -0.4 is 15.2 Å². The Kier molecular flexibility index (Phi) is 4.08. The molecule has 0 unspecified atom stereocenters. The number of hydrogen-bond donors (Lipinski definition) is 1. The smallest absolute Gasteiger partial charge is 0.161 e. The minimum atomic E-state index is 0.511. The van der Waals surface area contributed by atoms with Crippen molar-refractivity contribution in [3.8, 4) is 11.5 Å². The van der Waals surface area contributed by atoms with E-state index in [-0.39, 0.29) is 0 Å². The zero-order valence-electron chi connectivity index (χ0n) is 11.8. The molecule has 0 saturated carbocycles. The summed E-state index contributed by atoms with van der Waals surface area (Å²) in [7, 11) is 1.65. The molecule has 0 aliphatic carbocycles. The van der Waals surface area contributed by atoms with Crippen molar-refractivity contribution in [3.05, 3.63) is 59.0 Å². The maximum absolute atomic E-state index is 5.92. The Labute approximate surface area is 127 Å². The van der Waals surface area contributed by atoms with Gasteiger partial charge in [-0.15, -0.1) is 11.3 Å². The van der Waals surface area contributed by atoms with Crippen LogP contribution in [0.3, 0.4) is 0 Å². The first kappa shape index (κ1) is 13.9. The van der Waals surface area contributed by atoms with Crippen LogP contribution in [0.15, 0.2) is 47.8 Å². The molecule has 1 heterocycles. The van der Waals surface area contributed by atoms with Gasteiger partial charge >= 0.3 is 0 Å². The minimum Gasteiger partial charge on any atom is -0.493 e. The highest BCUT2D eigenvalue weighted by Crippen LogP contribution is 2.32. The van der Waals surface area contributed by atoms with E-state index in [1.807, 2.05) is 30.3 Å². The molecule has 0 atom stereocenters. The molecule has 108 valence electrons. The van der Waals surface area contributed by atoms with Gasteiger partial charge in [0.15, 0.2) is 11.5 Å². The summed E-state index contributed by atoms with van der Waals surface area (Å²) in [5.41, 5.74) is 8.17. The van der Waals surface area contributed by atoms with Crippen LogP contribution in [0.4, 0.5) is 0 Å². The van der Waals surface area contributed by atoms with Crippen LogP contribution in [0.1, 0.15) is 11.1 Å². The number of ether oxygens (including phenoxy) is 2. The van der Waals surface area contributed by atoms with Crippen LogP contribution in [0, 0.1) is 0 Å². The molecule has 0 saturated heterocycles. The van der Waals surface area contributed by atoms with E-state index in [9.17, 15) is 0 Å². The molecule has 0 aliphatic rings. The first-order valence-corrected chi connectivity index (χ1v) is 7.65. The molecule has 0 radical (unpaired) electrons. The number of benzene rings is 2. The lowest BCUT2D eigenvalue weighted by Crippen LogP contribution is -2.00. The lowest BCUT2D eigenvalue weighted by Gasteiger charge is -2.10. The summed E-state index contributed by atoms with van der Waals surface area (Å²) >= 11 is 1.72. The van der Waals surface area contributed by atoms with Crippen LogP contribution >= 0.6 is 11.3 Å². The molecular weight excluding hydrogens is 282 g/mol. The Bertz CT molecular complexity index is 751. The SMILES string of the molecule is COc1ccccc1OCc1csc2cccc(CN)c12. The van der Waals surface area contributed by atoms with Crippen molar-refractivity contribution < 1.29 is 9.47 Å². The molecule has 3 nitrogen and oxygen atoms in total. The van der Waals surface area contributed by atoms with E-state index in [1.165, 1.54) is 15.6 Å². The monoisotopic (exact) mass is 299 g/mol. The highest BCUT2D eigenvalue weighted by Gasteiger charge is 2.10. The van der Waals surface area contributed by atoms with E-state index in [2.05, 4.69) is 17.5 Å². The van der Waals surface area contributed by atoms with Crippen molar-refractivity contribution in [2.75, 3.05) is 7.11 Å². The zero-order chi connectivity index (χ0) is 14.7. The molecule has 3 rings (SSSR count). The van der Waals surface area contributed by atoms with Crippen molar-refractivity contribution in [2.24, 2.45) is 5.73 Å². The first-order chi connectivity index (χ1) is 10.3. The molecule has 1 aromatic heterocycles. The van der Waals surface area contributed by atoms with Crippen molar-refractivity contribution in [1.29, 1.82) is 0 Å². The molecule has 4 heteroatoms. The van der Waals surface area contributed by atoms with E-state index in [0.717, 1.165) is 17.1 Å². The summed E-state index contributed by atoms with van der Waals surface area (Å²) < 4.78 is 12.5. The van der Waals surface area contributed by atoms with E-state index in [4.69, 9.17) is 15.2 Å². The molecule has 0 spiro atoms. The van der Waals surface area contributed by atoms with E-state index >= 15 is 0 Å². The van der Waals surface area contributed by atoms with Crippen molar-refractivity contribution in [3.63, 3.8) is 0 Å². The van der Waals surface area contributed by atoms with Gasteiger partial charge in [0.05, 0.1) is 7.11 Å². The second kappa shape index (κ2) is 6.16. The second-order valence-corrected chi connectivity index (χ2v) is 5.61. The van der Waals surface area contributed by atoms with Crippen LogP contribution in [-0.4, -0.2) is 7.11 Å². The Morgan fingerprint density at radius 1 is 1.00 bits per heavy atom. The van der Waals surface area contributed by atoms with Gasteiger partial charge in [-0.05, 0) is 29.1 Å². The van der Waals surface area contributed by atoms with Gasteiger partial charge in [0.1, 0.15) is 6.61 Å². The summed E-state index contributed by atoms with van der Waals surface area (Å²) in [5, 5.41) is 3.36. The van der Waals surface area contributed by atoms with Crippen molar-refractivity contribution in [1.82, 2.24) is 0 Å². The summed E-state index contributed by atoms with van der Waals surface area (Å²) in [5.74, 6) is 1.50. The molecule has 21 heavy (non-hydrogen) atoms. The minimum absolute atomic E-state index is 0.511. The molecule has 0 aliphatic heterocycles. The van der Waals surface area contributed by atoms with Gasteiger partial charge in [-0.25, -0.2) is 0 Å². The summed E-state index contributed by atoms with van der Waals surface area (Å²) in [6.07, 6.45) is 0. The second-order valence-electron chi connectivity index (χ2n) is 4.69. The molecule has 3 aromatic rings. The maximum Gasteiger partial charge on any atom is 0.161 e. The number of rotatable bonds is 5. The van der Waals surface area contributed by atoms with Crippen LogP contribution in [-0.2, 0) is 13.2 Å². The van der Waals surface area contributed by atoms with Crippen molar-refractivity contribution >= 4 is 21.4 Å². The van der Waals surface area contributed by atoms with Gasteiger partial charge in [-0.2, -0.15) is 0 Å². The third-order valence-electron chi connectivity index (χ3n) is 3.43. The molecule has 2 aromatic carbocycles. The van der Waals surface area contributed by atoms with Crippen LogP contribution in [0.2, 0.25) is 0 Å². The van der Waals surface area contributed by atoms with Gasteiger partial charge in [-0.1, -0.05) is 24.3 Å². The Hall–Kier alpha value is -2.04. The number of methoxy groups -OCH3 is 1. The van der Waals surface area contributed by atoms with Crippen LogP contribution in [0.5, 0.6) is 11.5 Å². The molecule has 0 bridgehead atoms. The lowest BCUT2D eigenvalue weighted by molar-refractivity contribution is 0.286. The fourth-order valence-electron chi connectivity index (χ4n) is 2.40. The number of para-hydroxylation sites is 2. The maximum atomic E-state index is 5.92. The van der Waals surface area contributed by atoms with Crippen molar-refractivity contribution in [2.45, 2.75) is 13.2 Å².